The number of nitrogens with two attached hydrogens (primary N) is 1. The van der Waals surface area contributed by atoms with Crippen molar-refractivity contribution in [1.82, 2.24) is 15.2 Å². The Balaban J connectivity index is 2.22. The van der Waals surface area contributed by atoms with Crippen molar-refractivity contribution >= 4 is 11.6 Å². The zero-order valence-electron chi connectivity index (χ0n) is 9.90. The number of rotatable bonds is 4. The van der Waals surface area contributed by atoms with Crippen LogP contribution in [0.25, 0.3) is 0 Å². The number of halogens is 2. The molecule has 2 aromatic rings. The average molecular weight is 269 g/mol. The van der Waals surface area contributed by atoms with Crippen molar-refractivity contribution < 1.29 is 4.39 Å². The normalized spacial score (nSPS) is 12.7. The Morgan fingerprint density at radius 2 is 2.28 bits per heavy atom. The van der Waals surface area contributed by atoms with Gasteiger partial charge in [-0.2, -0.15) is 5.10 Å². The van der Waals surface area contributed by atoms with Gasteiger partial charge in [-0.1, -0.05) is 17.7 Å². The molecule has 1 atom stereocenters. The first-order valence-corrected chi connectivity index (χ1v) is 5.87. The molecule has 0 spiro atoms. The van der Waals surface area contributed by atoms with Crippen molar-refractivity contribution in [2.24, 2.45) is 12.9 Å². The Hall–Kier alpha value is -1.43. The fraction of sp³-hybridized carbons (Fsp3) is 0.250. The molecule has 0 aliphatic rings. The van der Waals surface area contributed by atoms with Gasteiger partial charge < -0.3 is 0 Å². The summed E-state index contributed by atoms with van der Waals surface area (Å²) < 4.78 is 15.5. The topological polar surface area (TPSA) is 55.9 Å². The van der Waals surface area contributed by atoms with Crippen molar-refractivity contribution in [1.29, 1.82) is 0 Å². The molecule has 0 saturated carbocycles. The van der Waals surface area contributed by atoms with Crippen molar-refractivity contribution in [3.8, 4) is 0 Å². The molecule has 6 heteroatoms. The molecule has 0 aliphatic heterocycles. The molecule has 1 unspecified atom stereocenters. The van der Waals surface area contributed by atoms with Crippen LogP contribution in [0, 0.1) is 5.82 Å². The minimum Gasteiger partial charge on any atom is -0.276 e. The minimum absolute atomic E-state index is 0.336. The molecule has 0 aliphatic carbocycles. The van der Waals surface area contributed by atoms with Crippen LogP contribution in [0.5, 0.6) is 0 Å². The number of nitrogens with zero attached hydrogens (tertiary/aromatic N) is 2. The third-order valence-electron chi connectivity index (χ3n) is 2.72. The lowest BCUT2D eigenvalue weighted by Crippen LogP contribution is -2.30. The lowest BCUT2D eigenvalue weighted by Gasteiger charge is -2.16. The van der Waals surface area contributed by atoms with E-state index in [1.165, 1.54) is 6.07 Å². The van der Waals surface area contributed by atoms with E-state index in [1.54, 1.807) is 16.8 Å². The Morgan fingerprint density at radius 1 is 1.50 bits per heavy atom. The molecule has 18 heavy (non-hydrogen) atoms. The molecule has 0 fully saturated rings. The van der Waals surface area contributed by atoms with Gasteiger partial charge in [0.2, 0.25) is 0 Å². The predicted molar refractivity (Wildman–Crippen MR) is 68.4 cm³/mol. The van der Waals surface area contributed by atoms with Crippen molar-refractivity contribution in [3.63, 3.8) is 0 Å². The summed E-state index contributed by atoms with van der Waals surface area (Å²) >= 11 is 5.72. The monoisotopic (exact) mass is 268 g/mol. The number of hydrazine groups is 1. The minimum atomic E-state index is -0.374. The van der Waals surface area contributed by atoms with E-state index < -0.39 is 0 Å². The zero-order chi connectivity index (χ0) is 13.1. The second-order valence-corrected chi connectivity index (χ2v) is 4.51. The molecule has 3 N–H and O–H groups in total. The van der Waals surface area contributed by atoms with Gasteiger partial charge in [0.05, 0.1) is 11.7 Å². The van der Waals surface area contributed by atoms with E-state index in [4.69, 9.17) is 17.4 Å². The lowest BCUT2D eigenvalue weighted by molar-refractivity contribution is 0.504. The van der Waals surface area contributed by atoms with Crippen LogP contribution in [0.2, 0.25) is 5.02 Å². The van der Waals surface area contributed by atoms with E-state index >= 15 is 0 Å². The second-order valence-electron chi connectivity index (χ2n) is 4.07. The smallest absolute Gasteiger partial charge is 0.129 e. The molecule has 0 radical (unpaired) electrons. The van der Waals surface area contributed by atoms with Gasteiger partial charge in [0.1, 0.15) is 5.82 Å². The van der Waals surface area contributed by atoms with E-state index in [-0.39, 0.29) is 11.9 Å². The quantitative estimate of drug-likeness (QED) is 0.658. The third-order valence-corrected chi connectivity index (χ3v) is 2.96. The molecule has 0 bridgehead atoms. The SMILES string of the molecule is Cn1ccc(CC(NN)c2ccc(Cl)cc2F)n1. The highest BCUT2D eigenvalue weighted by Crippen LogP contribution is 2.22. The van der Waals surface area contributed by atoms with Crippen LogP contribution >= 0.6 is 11.6 Å². The molecule has 0 saturated heterocycles. The number of aromatic nitrogens is 2. The summed E-state index contributed by atoms with van der Waals surface area (Å²) in [4.78, 5) is 0. The summed E-state index contributed by atoms with van der Waals surface area (Å²) in [6.45, 7) is 0. The summed E-state index contributed by atoms with van der Waals surface area (Å²) in [6, 6.07) is 6.09. The zero-order valence-corrected chi connectivity index (χ0v) is 10.7. The molecule has 1 aromatic carbocycles. The second kappa shape index (κ2) is 5.48. The van der Waals surface area contributed by atoms with E-state index in [2.05, 4.69) is 10.5 Å². The average Bonchev–Trinajstić information content (AvgIpc) is 2.72. The van der Waals surface area contributed by atoms with E-state index in [9.17, 15) is 4.39 Å². The summed E-state index contributed by atoms with van der Waals surface area (Å²) in [7, 11) is 1.83. The maximum atomic E-state index is 13.8. The molecule has 96 valence electrons. The van der Waals surface area contributed by atoms with Crippen molar-refractivity contribution in [2.45, 2.75) is 12.5 Å². The van der Waals surface area contributed by atoms with Gasteiger partial charge in [-0.3, -0.25) is 16.0 Å². The summed E-state index contributed by atoms with van der Waals surface area (Å²) in [6.07, 6.45) is 2.34. The first kappa shape index (κ1) is 13.0. The maximum Gasteiger partial charge on any atom is 0.129 e. The molecule has 1 aromatic heterocycles. The van der Waals surface area contributed by atoms with Crippen molar-refractivity contribution in [3.05, 3.63) is 52.6 Å². The highest BCUT2D eigenvalue weighted by Gasteiger charge is 2.16. The van der Waals surface area contributed by atoms with Crippen LogP contribution in [0.4, 0.5) is 4.39 Å². The standard InChI is InChI=1S/C12H14ClFN4/c1-18-5-4-9(17-18)7-12(16-15)10-3-2-8(13)6-11(10)14/h2-6,12,16H,7,15H2,1H3. The predicted octanol–water partition coefficient (Wildman–Crippen LogP) is 1.96. The largest absolute Gasteiger partial charge is 0.276 e. The highest BCUT2D eigenvalue weighted by molar-refractivity contribution is 6.30. The Kier molecular flexibility index (Phi) is 3.96. The first-order chi connectivity index (χ1) is 8.60. The van der Waals surface area contributed by atoms with Gasteiger partial charge in [0.15, 0.2) is 0 Å². The summed E-state index contributed by atoms with van der Waals surface area (Å²) in [5, 5.41) is 4.61. The number of nitrogens with one attached hydrogen (secondary N) is 1. The molecule has 2 rings (SSSR count). The van der Waals surface area contributed by atoms with Crippen molar-refractivity contribution in [2.75, 3.05) is 0 Å². The molecule has 4 nitrogen and oxygen atoms in total. The fourth-order valence-corrected chi connectivity index (χ4v) is 1.98. The maximum absolute atomic E-state index is 13.8. The summed E-state index contributed by atoms with van der Waals surface area (Å²) in [5.74, 6) is 5.11. The van der Waals surface area contributed by atoms with Crippen LogP contribution < -0.4 is 11.3 Å². The first-order valence-electron chi connectivity index (χ1n) is 5.49. The van der Waals surface area contributed by atoms with Crippen LogP contribution in [-0.2, 0) is 13.5 Å². The van der Waals surface area contributed by atoms with E-state index in [0.29, 0.717) is 17.0 Å². The van der Waals surface area contributed by atoms with E-state index in [1.807, 2.05) is 19.3 Å². The lowest BCUT2D eigenvalue weighted by atomic mass is 10.0. The number of benzene rings is 1. The molecular formula is C12H14ClFN4. The highest BCUT2D eigenvalue weighted by atomic mass is 35.5. The van der Waals surface area contributed by atoms with Gasteiger partial charge in [0, 0.05) is 30.3 Å². The number of aryl methyl sites for hydroxylation is 1. The molecular weight excluding hydrogens is 255 g/mol. The van der Waals surface area contributed by atoms with Gasteiger partial charge in [0.25, 0.3) is 0 Å². The van der Waals surface area contributed by atoms with Gasteiger partial charge in [-0.05, 0) is 18.2 Å². The fourth-order valence-electron chi connectivity index (χ4n) is 1.82. The molecule has 0 amide bonds. The van der Waals surface area contributed by atoms with Crippen LogP contribution in [0.15, 0.2) is 30.5 Å². The Bertz CT molecular complexity index is 541. The van der Waals surface area contributed by atoms with Crippen LogP contribution in [0.1, 0.15) is 17.3 Å². The van der Waals surface area contributed by atoms with Gasteiger partial charge in [-0.25, -0.2) is 4.39 Å². The van der Waals surface area contributed by atoms with E-state index in [0.717, 1.165) is 5.69 Å². The van der Waals surface area contributed by atoms with Crippen LogP contribution in [0.3, 0.4) is 0 Å². The Morgan fingerprint density at radius 3 is 2.83 bits per heavy atom. The number of hydrogen-bond donors (Lipinski definition) is 2. The molecule has 1 heterocycles. The Labute approximate surface area is 110 Å². The number of hydrogen-bond acceptors (Lipinski definition) is 3. The summed E-state index contributed by atoms with van der Waals surface area (Å²) in [5.41, 5.74) is 3.93. The van der Waals surface area contributed by atoms with Gasteiger partial charge >= 0.3 is 0 Å². The third kappa shape index (κ3) is 2.87. The van der Waals surface area contributed by atoms with Gasteiger partial charge in [-0.15, -0.1) is 0 Å². The van der Waals surface area contributed by atoms with Crippen LogP contribution in [-0.4, -0.2) is 9.78 Å².